The Morgan fingerprint density at radius 1 is 1.12 bits per heavy atom. The number of hydrogen-bond donors (Lipinski definition) is 1. The van der Waals surface area contributed by atoms with Crippen molar-refractivity contribution in [2.75, 3.05) is 23.7 Å². The topological polar surface area (TPSA) is 23.5 Å². The lowest BCUT2D eigenvalue weighted by molar-refractivity contribution is -0.0787. The third-order valence-electron chi connectivity index (χ3n) is 0.685. The molecule has 0 spiro atoms. The average Bonchev–Trinajstić information content (AvgIpc) is 1.68. The fraction of sp³-hybridized carbons (Fsp3) is 1.00. The minimum absolute atomic E-state index is 0.686. The van der Waals surface area contributed by atoms with Gasteiger partial charge in [-0.05, 0) is 0 Å². The molecule has 0 rings (SSSR count). The molecular formula is C4H9Br2NO. The van der Waals surface area contributed by atoms with E-state index in [0.717, 1.165) is 10.7 Å². The van der Waals surface area contributed by atoms with Crippen LogP contribution in [0.1, 0.15) is 0 Å². The number of halogens is 2. The Morgan fingerprint density at radius 2 is 1.50 bits per heavy atom. The molecule has 0 radical (unpaired) electrons. The molecule has 50 valence electrons. The van der Waals surface area contributed by atoms with Crippen LogP contribution >= 0.6 is 31.9 Å². The summed E-state index contributed by atoms with van der Waals surface area (Å²) in [4.78, 5) is 0. The zero-order valence-corrected chi connectivity index (χ0v) is 7.65. The molecule has 1 N–H and O–H groups in total. The average molecular weight is 247 g/mol. The van der Waals surface area contributed by atoms with Gasteiger partial charge in [0.25, 0.3) is 0 Å². The summed E-state index contributed by atoms with van der Waals surface area (Å²) in [6.45, 7) is 1.37. The van der Waals surface area contributed by atoms with Crippen molar-refractivity contribution in [3.05, 3.63) is 0 Å². The summed E-state index contributed by atoms with van der Waals surface area (Å²) in [7, 11) is 0. The van der Waals surface area contributed by atoms with Gasteiger partial charge in [-0.2, -0.15) is 5.06 Å². The number of hydrogen-bond acceptors (Lipinski definition) is 2. The molecule has 0 aromatic carbocycles. The van der Waals surface area contributed by atoms with E-state index in [9.17, 15) is 0 Å². The van der Waals surface area contributed by atoms with Crippen molar-refractivity contribution in [3.8, 4) is 0 Å². The van der Waals surface area contributed by atoms with E-state index in [1.54, 1.807) is 0 Å². The van der Waals surface area contributed by atoms with Crippen LogP contribution in [0.15, 0.2) is 0 Å². The van der Waals surface area contributed by atoms with Crippen molar-refractivity contribution < 1.29 is 5.21 Å². The molecule has 0 fully saturated rings. The first kappa shape index (κ1) is 8.88. The van der Waals surface area contributed by atoms with E-state index in [2.05, 4.69) is 31.9 Å². The molecule has 8 heavy (non-hydrogen) atoms. The van der Waals surface area contributed by atoms with E-state index < -0.39 is 0 Å². The molecule has 0 saturated carbocycles. The molecule has 0 aliphatic rings. The van der Waals surface area contributed by atoms with Gasteiger partial charge in [0.05, 0.1) is 0 Å². The Balaban J connectivity index is 2.92. The zero-order valence-electron chi connectivity index (χ0n) is 4.48. The Morgan fingerprint density at radius 3 is 1.75 bits per heavy atom. The van der Waals surface area contributed by atoms with Crippen LogP contribution in [0.5, 0.6) is 0 Å². The molecule has 0 bridgehead atoms. The SMILES string of the molecule is ON(CCBr)CCBr. The first-order chi connectivity index (χ1) is 3.81. The quantitative estimate of drug-likeness (QED) is 0.600. The van der Waals surface area contributed by atoms with Crippen LogP contribution in [0.2, 0.25) is 0 Å². The molecule has 0 saturated heterocycles. The highest BCUT2D eigenvalue weighted by molar-refractivity contribution is 9.09. The van der Waals surface area contributed by atoms with E-state index in [-0.39, 0.29) is 0 Å². The Kier molecular flexibility index (Phi) is 6.67. The summed E-state index contributed by atoms with van der Waals surface area (Å²) in [5.74, 6) is 0. The van der Waals surface area contributed by atoms with Crippen LogP contribution < -0.4 is 0 Å². The van der Waals surface area contributed by atoms with E-state index >= 15 is 0 Å². The lowest BCUT2D eigenvalue weighted by atomic mass is 10.6. The molecular weight excluding hydrogens is 238 g/mol. The van der Waals surface area contributed by atoms with Crippen molar-refractivity contribution >= 4 is 31.9 Å². The van der Waals surface area contributed by atoms with Crippen molar-refractivity contribution in [1.29, 1.82) is 0 Å². The highest BCUT2D eigenvalue weighted by atomic mass is 79.9. The minimum Gasteiger partial charge on any atom is -0.314 e. The third kappa shape index (κ3) is 5.03. The van der Waals surface area contributed by atoms with Crippen LogP contribution in [0.4, 0.5) is 0 Å². The summed E-state index contributed by atoms with van der Waals surface area (Å²) >= 11 is 6.41. The molecule has 4 heteroatoms. The summed E-state index contributed by atoms with van der Waals surface area (Å²) < 4.78 is 0. The third-order valence-corrected chi connectivity index (χ3v) is 1.39. The minimum atomic E-state index is 0.686. The van der Waals surface area contributed by atoms with Gasteiger partial charge in [0.15, 0.2) is 0 Å². The highest BCUT2D eigenvalue weighted by Crippen LogP contribution is 1.87. The normalized spacial score (nSPS) is 10.5. The van der Waals surface area contributed by atoms with E-state index in [4.69, 9.17) is 5.21 Å². The largest absolute Gasteiger partial charge is 0.314 e. The Labute approximate surface area is 66.1 Å². The molecule has 2 nitrogen and oxygen atoms in total. The van der Waals surface area contributed by atoms with Gasteiger partial charge in [-0.25, -0.2) is 0 Å². The van der Waals surface area contributed by atoms with Crippen LogP contribution in [0, 0.1) is 0 Å². The van der Waals surface area contributed by atoms with E-state index in [1.807, 2.05) is 0 Å². The first-order valence-electron chi connectivity index (χ1n) is 2.37. The van der Waals surface area contributed by atoms with Gasteiger partial charge >= 0.3 is 0 Å². The highest BCUT2D eigenvalue weighted by Gasteiger charge is 1.94. The summed E-state index contributed by atoms with van der Waals surface area (Å²) in [5, 5.41) is 11.7. The fourth-order valence-electron chi connectivity index (χ4n) is 0.307. The number of rotatable bonds is 4. The van der Waals surface area contributed by atoms with Gasteiger partial charge in [-0.3, -0.25) is 0 Å². The monoisotopic (exact) mass is 245 g/mol. The van der Waals surface area contributed by atoms with Gasteiger partial charge in [-0.1, -0.05) is 31.9 Å². The number of nitrogens with zero attached hydrogens (tertiary/aromatic N) is 1. The number of hydroxylamine groups is 2. The number of alkyl halides is 2. The molecule has 0 atom stereocenters. The maximum atomic E-state index is 8.82. The smallest absolute Gasteiger partial charge is 0.0335 e. The van der Waals surface area contributed by atoms with Crippen molar-refractivity contribution in [2.24, 2.45) is 0 Å². The maximum absolute atomic E-state index is 8.82. The van der Waals surface area contributed by atoms with Gasteiger partial charge in [0.2, 0.25) is 0 Å². The Bertz CT molecular complexity index is 47.3. The predicted octanol–water partition coefficient (Wildman–Crippen LogP) is 1.47. The Hall–Kier alpha value is 0.880. The van der Waals surface area contributed by atoms with Crippen LogP contribution in [-0.2, 0) is 0 Å². The summed E-state index contributed by atoms with van der Waals surface area (Å²) in [5.41, 5.74) is 0. The maximum Gasteiger partial charge on any atom is 0.0335 e. The van der Waals surface area contributed by atoms with Gasteiger partial charge < -0.3 is 5.21 Å². The molecule has 0 heterocycles. The molecule has 0 aliphatic carbocycles. The predicted molar refractivity (Wildman–Crippen MR) is 40.9 cm³/mol. The molecule has 0 unspecified atom stereocenters. The summed E-state index contributed by atoms with van der Waals surface area (Å²) in [6.07, 6.45) is 0. The lowest BCUT2D eigenvalue weighted by Gasteiger charge is -2.09. The van der Waals surface area contributed by atoms with Gasteiger partial charge in [0.1, 0.15) is 0 Å². The summed E-state index contributed by atoms with van der Waals surface area (Å²) in [6, 6.07) is 0. The van der Waals surface area contributed by atoms with E-state index in [0.29, 0.717) is 13.1 Å². The van der Waals surface area contributed by atoms with Crippen molar-refractivity contribution in [2.45, 2.75) is 0 Å². The second kappa shape index (κ2) is 6.01. The molecule has 0 amide bonds. The molecule has 0 aromatic rings. The zero-order chi connectivity index (χ0) is 6.41. The first-order valence-corrected chi connectivity index (χ1v) is 4.61. The fourth-order valence-corrected chi connectivity index (χ4v) is 1.13. The standard InChI is InChI=1S/C4H9Br2NO/c5-1-3-7(8)4-2-6/h8H,1-4H2. The van der Waals surface area contributed by atoms with Crippen molar-refractivity contribution in [3.63, 3.8) is 0 Å². The lowest BCUT2D eigenvalue weighted by Crippen LogP contribution is -2.23. The van der Waals surface area contributed by atoms with Gasteiger partial charge in [0, 0.05) is 23.7 Å². The van der Waals surface area contributed by atoms with E-state index in [1.165, 1.54) is 5.06 Å². The van der Waals surface area contributed by atoms with Crippen molar-refractivity contribution in [1.82, 2.24) is 5.06 Å². The van der Waals surface area contributed by atoms with Gasteiger partial charge in [-0.15, -0.1) is 0 Å². The van der Waals surface area contributed by atoms with Crippen LogP contribution in [0.25, 0.3) is 0 Å². The molecule has 0 aromatic heterocycles. The second-order valence-corrected chi connectivity index (χ2v) is 2.92. The molecule has 0 aliphatic heterocycles. The van der Waals surface area contributed by atoms with Crippen LogP contribution in [0.3, 0.4) is 0 Å². The second-order valence-electron chi connectivity index (χ2n) is 1.33. The van der Waals surface area contributed by atoms with Crippen LogP contribution in [-0.4, -0.2) is 34.0 Å².